The molecule has 0 unspecified atom stereocenters. The van der Waals surface area contributed by atoms with E-state index in [-0.39, 0.29) is 23.3 Å². The Morgan fingerprint density at radius 3 is 2.34 bits per heavy atom. The van der Waals surface area contributed by atoms with Crippen molar-refractivity contribution in [3.8, 4) is 11.5 Å². The van der Waals surface area contributed by atoms with Gasteiger partial charge in [-0.05, 0) is 43.7 Å². The highest BCUT2D eigenvalue weighted by molar-refractivity contribution is 5.95. The predicted octanol–water partition coefficient (Wildman–Crippen LogP) is 2.55. The maximum absolute atomic E-state index is 13.2. The molecule has 1 aromatic rings. The third-order valence-electron chi connectivity index (χ3n) is 8.35. The highest BCUT2D eigenvalue weighted by Crippen LogP contribution is 2.44. The van der Waals surface area contributed by atoms with E-state index in [1.807, 2.05) is 4.90 Å². The molecule has 1 aromatic carbocycles. The number of fused-ring (bicyclic) bond motifs is 2. The van der Waals surface area contributed by atoms with Crippen molar-refractivity contribution in [1.82, 2.24) is 15.1 Å². The number of rotatable bonds is 5. The first-order valence-electron chi connectivity index (χ1n) is 12.1. The molecule has 7 nitrogen and oxygen atoms in total. The summed E-state index contributed by atoms with van der Waals surface area (Å²) in [6, 6.07) is 5.30. The van der Waals surface area contributed by atoms with Crippen molar-refractivity contribution in [2.24, 2.45) is 17.8 Å². The molecule has 0 bridgehead atoms. The number of piperidine rings is 1. The Hall–Kier alpha value is -2.28. The van der Waals surface area contributed by atoms with Gasteiger partial charge >= 0.3 is 0 Å². The van der Waals surface area contributed by atoms with Gasteiger partial charge < -0.3 is 24.6 Å². The lowest BCUT2D eigenvalue weighted by atomic mass is 9.75. The van der Waals surface area contributed by atoms with Crippen molar-refractivity contribution >= 4 is 11.8 Å². The number of hydrogen-bond acceptors (Lipinski definition) is 5. The van der Waals surface area contributed by atoms with Gasteiger partial charge in [-0.2, -0.15) is 0 Å². The van der Waals surface area contributed by atoms with Gasteiger partial charge in [0.1, 0.15) is 11.5 Å². The number of nitrogens with zero attached hydrogens (tertiary/aromatic N) is 2. The van der Waals surface area contributed by atoms with E-state index in [9.17, 15) is 9.59 Å². The van der Waals surface area contributed by atoms with Crippen LogP contribution in [0.1, 0.15) is 48.9 Å². The van der Waals surface area contributed by atoms with Crippen molar-refractivity contribution in [2.45, 2.75) is 44.1 Å². The Morgan fingerprint density at radius 2 is 1.72 bits per heavy atom. The van der Waals surface area contributed by atoms with E-state index >= 15 is 0 Å². The minimum Gasteiger partial charge on any atom is -0.497 e. The van der Waals surface area contributed by atoms with Gasteiger partial charge in [-0.1, -0.05) is 12.8 Å². The molecule has 2 amide bonds. The Labute approximate surface area is 190 Å². The molecule has 1 N–H and O–H groups in total. The minimum atomic E-state index is -0.158. The number of carbonyl (C=O) groups excluding carboxylic acids is 2. The van der Waals surface area contributed by atoms with Crippen molar-refractivity contribution in [3.05, 3.63) is 23.8 Å². The molecule has 1 aliphatic carbocycles. The molecular formula is C25H35N3O4. The zero-order valence-electron chi connectivity index (χ0n) is 19.3. The van der Waals surface area contributed by atoms with Crippen LogP contribution in [-0.2, 0) is 4.79 Å². The lowest BCUT2D eigenvalue weighted by Crippen LogP contribution is -2.56. The highest BCUT2D eigenvalue weighted by Gasteiger charge is 2.57. The molecule has 4 aliphatic rings. The van der Waals surface area contributed by atoms with Crippen LogP contribution >= 0.6 is 0 Å². The topological polar surface area (TPSA) is 71.1 Å². The van der Waals surface area contributed by atoms with Crippen LogP contribution in [0.2, 0.25) is 0 Å². The van der Waals surface area contributed by atoms with Crippen LogP contribution in [0.5, 0.6) is 11.5 Å². The maximum Gasteiger partial charge on any atom is 0.254 e. The lowest BCUT2D eigenvalue weighted by Gasteiger charge is -2.43. The number of hydrogen-bond donors (Lipinski definition) is 1. The van der Waals surface area contributed by atoms with Crippen LogP contribution in [0.3, 0.4) is 0 Å². The van der Waals surface area contributed by atoms with Gasteiger partial charge in [-0.15, -0.1) is 0 Å². The van der Waals surface area contributed by atoms with Gasteiger partial charge in [0, 0.05) is 55.8 Å². The van der Waals surface area contributed by atoms with E-state index in [0.717, 1.165) is 38.4 Å². The van der Waals surface area contributed by atoms with Gasteiger partial charge in [0.2, 0.25) is 5.91 Å². The molecule has 32 heavy (non-hydrogen) atoms. The van der Waals surface area contributed by atoms with E-state index in [0.29, 0.717) is 36.1 Å². The smallest absolute Gasteiger partial charge is 0.254 e. The zero-order chi connectivity index (χ0) is 22.3. The van der Waals surface area contributed by atoms with Crippen LogP contribution < -0.4 is 14.8 Å². The monoisotopic (exact) mass is 441 g/mol. The lowest BCUT2D eigenvalue weighted by molar-refractivity contribution is -0.123. The van der Waals surface area contributed by atoms with Crippen LogP contribution in [0.25, 0.3) is 0 Å². The second-order valence-electron chi connectivity index (χ2n) is 10.1. The fourth-order valence-corrected chi connectivity index (χ4v) is 6.57. The first-order chi connectivity index (χ1) is 15.5. The molecule has 5 rings (SSSR count). The molecule has 3 saturated heterocycles. The van der Waals surface area contributed by atoms with Crippen LogP contribution in [0, 0.1) is 17.8 Å². The number of amides is 2. The van der Waals surface area contributed by atoms with Crippen LogP contribution in [-0.4, -0.2) is 74.1 Å². The van der Waals surface area contributed by atoms with E-state index < -0.39 is 0 Å². The molecule has 7 heteroatoms. The van der Waals surface area contributed by atoms with Crippen LogP contribution in [0.15, 0.2) is 18.2 Å². The van der Waals surface area contributed by atoms with E-state index in [4.69, 9.17) is 9.47 Å². The molecule has 1 saturated carbocycles. The molecule has 174 valence electrons. The first-order valence-corrected chi connectivity index (χ1v) is 12.1. The van der Waals surface area contributed by atoms with Crippen molar-refractivity contribution in [1.29, 1.82) is 0 Å². The minimum absolute atomic E-state index is 0.00722. The van der Waals surface area contributed by atoms with Crippen LogP contribution in [0.4, 0.5) is 0 Å². The number of carbonyl (C=O) groups is 2. The van der Waals surface area contributed by atoms with Gasteiger partial charge in [-0.3, -0.25) is 9.59 Å². The summed E-state index contributed by atoms with van der Waals surface area (Å²) in [7, 11) is 3.18. The molecule has 4 fully saturated rings. The van der Waals surface area contributed by atoms with E-state index in [1.165, 1.54) is 25.7 Å². The number of benzene rings is 1. The molecular weight excluding hydrogens is 406 g/mol. The Balaban J connectivity index is 1.25. The van der Waals surface area contributed by atoms with Gasteiger partial charge in [0.25, 0.3) is 5.91 Å². The SMILES string of the molecule is COc1cc(OC)cc(C(=O)N2CCC3(CC2)NC(=O)[C@@H]2CN(CC4CCCC4)C[C@@H]23)c1. The summed E-state index contributed by atoms with van der Waals surface area (Å²) in [4.78, 5) is 30.5. The number of nitrogens with one attached hydrogen (secondary N) is 1. The molecule has 1 spiro atoms. The second-order valence-corrected chi connectivity index (χ2v) is 10.1. The number of ether oxygens (including phenoxy) is 2. The van der Waals surface area contributed by atoms with Crippen molar-refractivity contribution in [2.75, 3.05) is 46.9 Å². The molecule has 3 heterocycles. The number of methoxy groups -OCH3 is 2. The van der Waals surface area contributed by atoms with Crippen molar-refractivity contribution in [3.63, 3.8) is 0 Å². The average molecular weight is 442 g/mol. The Bertz CT molecular complexity index is 852. The fraction of sp³-hybridized carbons (Fsp3) is 0.680. The summed E-state index contributed by atoms with van der Waals surface area (Å²) in [5, 5.41) is 3.38. The predicted molar refractivity (Wildman–Crippen MR) is 121 cm³/mol. The molecule has 2 atom stereocenters. The van der Waals surface area contributed by atoms with Gasteiger partial charge in [-0.25, -0.2) is 0 Å². The third kappa shape index (κ3) is 3.85. The molecule has 0 aromatic heterocycles. The highest BCUT2D eigenvalue weighted by atomic mass is 16.5. The molecule has 3 aliphatic heterocycles. The quantitative estimate of drug-likeness (QED) is 0.761. The Morgan fingerprint density at radius 1 is 1.06 bits per heavy atom. The summed E-state index contributed by atoms with van der Waals surface area (Å²) in [5.41, 5.74) is 0.420. The van der Waals surface area contributed by atoms with E-state index in [1.54, 1.807) is 32.4 Å². The largest absolute Gasteiger partial charge is 0.497 e. The summed E-state index contributed by atoms with van der Waals surface area (Å²) < 4.78 is 10.6. The van der Waals surface area contributed by atoms with E-state index in [2.05, 4.69) is 10.2 Å². The zero-order valence-corrected chi connectivity index (χ0v) is 19.3. The molecule has 0 radical (unpaired) electrons. The average Bonchev–Trinajstić information content (AvgIpc) is 3.53. The van der Waals surface area contributed by atoms with Gasteiger partial charge in [0.15, 0.2) is 0 Å². The fourth-order valence-electron chi connectivity index (χ4n) is 6.57. The summed E-state index contributed by atoms with van der Waals surface area (Å²) >= 11 is 0. The standard InChI is InChI=1S/C25H35N3O4/c1-31-19-11-18(12-20(13-19)32-2)24(30)28-9-7-25(8-10-28)22-16-27(14-17-5-3-4-6-17)15-21(22)23(29)26-25/h11-13,17,21-22H,3-10,14-16H2,1-2H3,(H,26,29)/t21-,22+/m1/s1. The second kappa shape index (κ2) is 8.58. The number of likely N-dealkylation sites (tertiary alicyclic amines) is 2. The summed E-state index contributed by atoms with van der Waals surface area (Å²) in [5.74, 6) is 2.73. The Kier molecular flexibility index (Phi) is 5.78. The van der Waals surface area contributed by atoms with Gasteiger partial charge in [0.05, 0.1) is 20.1 Å². The normalized spacial score (nSPS) is 27.6. The maximum atomic E-state index is 13.2. The third-order valence-corrected chi connectivity index (χ3v) is 8.35. The first kappa shape index (κ1) is 21.6. The van der Waals surface area contributed by atoms with Crippen molar-refractivity contribution < 1.29 is 19.1 Å². The summed E-state index contributed by atoms with van der Waals surface area (Å²) in [6.45, 7) is 4.38. The summed E-state index contributed by atoms with van der Waals surface area (Å²) in [6.07, 6.45) is 7.05.